The molecular weight excluding hydrogens is 210 g/mol. The summed E-state index contributed by atoms with van der Waals surface area (Å²) in [6, 6.07) is -0.289. The molecule has 2 rings (SSSR count). The predicted molar refractivity (Wildman–Crippen MR) is 54.8 cm³/mol. The van der Waals surface area contributed by atoms with Crippen LogP contribution in [0.25, 0.3) is 0 Å². The van der Waals surface area contributed by atoms with Crippen molar-refractivity contribution in [2.24, 2.45) is 0 Å². The zero-order chi connectivity index (χ0) is 11.4. The second kappa shape index (κ2) is 5.00. The van der Waals surface area contributed by atoms with Crippen molar-refractivity contribution in [1.82, 2.24) is 14.9 Å². The quantitative estimate of drug-likeness (QED) is 0.718. The number of rotatable bonds is 2. The third kappa shape index (κ3) is 2.17. The van der Waals surface area contributed by atoms with Crippen molar-refractivity contribution in [2.75, 3.05) is 26.4 Å². The van der Waals surface area contributed by atoms with Crippen LogP contribution in [0.3, 0.4) is 0 Å². The number of hydrogen-bond donors (Lipinski definition) is 1. The molecule has 1 saturated heterocycles. The topological polar surface area (TPSA) is 75.6 Å². The number of aliphatic hydroxyl groups is 1. The van der Waals surface area contributed by atoms with E-state index in [1.807, 2.05) is 0 Å². The smallest absolute Gasteiger partial charge is 0.274 e. The third-order valence-electron chi connectivity index (χ3n) is 2.48. The molecule has 16 heavy (non-hydrogen) atoms. The van der Waals surface area contributed by atoms with Gasteiger partial charge in [0.15, 0.2) is 0 Å². The Morgan fingerprint density at radius 2 is 2.50 bits per heavy atom. The first-order valence-corrected chi connectivity index (χ1v) is 5.08. The molecule has 0 radical (unpaired) electrons. The number of aromatic nitrogens is 2. The Balaban J connectivity index is 2.14. The molecule has 0 bridgehead atoms. The maximum absolute atomic E-state index is 12.0. The Hall–Kier alpha value is -1.53. The lowest BCUT2D eigenvalue weighted by atomic mass is 10.2. The first kappa shape index (κ1) is 11.0. The summed E-state index contributed by atoms with van der Waals surface area (Å²) in [5.41, 5.74) is 0.294. The monoisotopic (exact) mass is 223 g/mol. The lowest BCUT2D eigenvalue weighted by molar-refractivity contribution is -0.0186. The number of carbonyl (C=O) groups is 1. The second-order valence-corrected chi connectivity index (χ2v) is 3.50. The largest absolute Gasteiger partial charge is 0.394 e. The SMILES string of the molecule is O=C(c1cnccn1)N1CCOCC1CO. The first-order valence-electron chi connectivity index (χ1n) is 5.08. The van der Waals surface area contributed by atoms with E-state index in [0.29, 0.717) is 25.5 Å². The zero-order valence-corrected chi connectivity index (χ0v) is 8.74. The fraction of sp³-hybridized carbons (Fsp3) is 0.500. The molecule has 1 N–H and O–H groups in total. The van der Waals surface area contributed by atoms with E-state index in [1.165, 1.54) is 18.6 Å². The Morgan fingerprint density at radius 1 is 1.62 bits per heavy atom. The van der Waals surface area contributed by atoms with Crippen molar-refractivity contribution in [1.29, 1.82) is 0 Å². The number of ether oxygens (including phenoxy) is 1. The number of amides is 1. The predicted octanol–water partition coefficient (Wildman–Crippen LogP) is -0.690. The standard InChI is InChI=1S/C10H13N3O3/c14-6-8-7-16-4-3-13(8)10(15)9-5-11-1-2-12-9/h1-2,5,8,14H,3-4,6-7H2. The van der Waals surface area contributed by atoms with Crippen LogP contribution in [0.2, 0.25) is 0 Å². The molecule has 0 aromatic carbocycles. The number of aliphatic hydroxyl groups excluding tert-OH is 1. The van der Waals surface area contributed by atoms with Gasteiger partial charge < -0.3 is 14.7 Å². The van der Waals surface area contributed by atoms with Gasteiger partial charge in [0.2, 0.25) is 0 Å². The minimum absolute atomic E-state index is 0.105. The summed E-state index contributed by atoms with van der Waals surface area (Å²) < 4.78 is 5.20. The molecule has 2 heterocycles. The molecule has 0 aliphatic carbocycles. The maximum Gasteiger partial charge on any atom is 0.274 e. The van der Waals surface area contributed by atoms with E-state index >= 15 is 0 Å². The Labute approximate surface area is 92.9 Å². The van der Waals surface area contributed by atoms with Crippen LogP contribution in [0.15, 0.2) is 18.6 Å². The minimum Gasteiger partial charge on any atom is -0.394 e. The summed E-state index contributed by atoms with van der Waals surface area (Å²) in [6.45, 7) is 1.22. The molecule has 1 aliphatic rings. The van der Waals surface area contributed by atoms with Crippen LogP contribution < -0.4 is 0 Å². The highest BCUT2D eigenvalue weighted by molar-refractivity contribution is 5.92. The molecule has 1 unspecified atom stereocenters. The van der Waals surface area contributed by atoms with E-state index < -0.39 is 0 Å². The van der Waals surface area contributed by atoms with Crippen molar-refractivity contribution < 1.29 is 14.6 Å². The molecule has 6 heteroatoms. The minimum atomic E-state index is -0.289. The summed E-state index contributed by atoms with van der Waals surface area (Å²) >= 11 is 0. The summed E-state index contributed by atoms with van der Waals surface area (Å²) in [7, 11) is 0. The van der Waals surface area contributed by atoms with E-state index in [2.05, 4.69) is 9.97 Å². The summed E-state index contributed by atoms with van der Waals surface area (Å²) in [4.78, 5) is 21.4. The van der Waals surface area contributed by atoms with Gasteiger partial charge in [-0.2, -0.15) is 0 Å². The molecule has 0 spiro atoms. The number of carbonyl (C=O) groups excluding carboxylic acids is 1. The van der Waals surface area contributed by atoms with Gasteiger partial charge in [0.1, 0.15) is 5.69 Å². The van der Waals surface area contributed by atoms with Crippen LogP contribution in [0.5, 0.6) is 0 Å². The highest BCUT2D eigenvalue weighted by Gasteiger charge is 2.28. The van der Waals surface area contributed by atoms with Crippen molar-refractivity contribution in [2.45, 2.75) is 6.04 Å². The summed E-state index contributed by atoms with van der Waals surface area (Å²) in [5.74, 6) is -0.213. The molecule has 1 fully saturated rings. The molecule has 1 aliphatic heterocycles. The Kier molecular flexibility index (Phi) is 3.43. The van der Waals surface area contributed by atoms with Crippen molar-refractivity contribution in [3.63, 3.8) is 0 Å². The second-order valence-electron chi connectivity index (χ2n) is 3.50. The normalized spacial score (nSPS) is 20.8. The van der Waals surface area contributed by atoms with Gasteiger partial charge in [-0.15, -0.1) is 0 Å². The molecule has 1 aromatic rings. The van der Waals surface area contributed by atoms with Crippen LogP contribution in [-0.4, -0.2) is 58.3 Å². The van der Waals surface area contributed by atoms with E-state index in [1.54, 1.807) is 4.90 Å². The Bertz CT molecular complexity index is 358. The van der Waals surface area contributed by atoms with Gasteiger partial charge in [-0.05, 0) is 0 Å². The van der Waals surface area contributed by atoms with Crippen LogP contribution in [0.1, 0.15) is 10.5 Å². The summed E-state index contributed by atoms with van der Waals surface area (Å²) in [5, 5.41) is 9.15. The third-order valence-corrected chi connectivity index (χ3v) is 2.48. The van der Waals surface area contributed by atoms with Gasteiger partial charge in [0.05, 0.1) is 32.1 Å². The molecule has 86 valence electrons. The average molecular weight is 223 g/mol. The molecule has 1 aromatic heterocycles. The number of nitrogens with zero attached hydrogens (tertiary/aromatic N) is 3. The lowest BCUT2D eigenvalue weighted by Crippen LogP contribution is -2.50. The van der Waals surface area contributed by atoms with Crippen LogP contribution in [0.4, 0.5) is 0 Å². The molecule has 0 saturated carbocycles. The number of hydrogen-bond acceptors (Lipinski definition) is 5. The summed E-state index contributed by atoms with van der Waals surface area (Å²) in [6.07, 6.45) is 4.41. The average Bonchev–Trinajstić information content (AvgIpc) is 2.39. The zero-order valence-electron chi connectivity index (χ0n) is 8.74. The van der Waals surface area contributed by atoms with Crippen LogP contribution in [-0.2, 0) is 4.74 Å². The van der Waals surface area contributed by atoms with Crippen molar-refractivity contribution >= 4 is 5.91 Å². The molecule has 1 amide bonds. The molecular formula is C10H13N3O3. The lowest BCUT2D eigenvalue weighted by Gasteiger charge is -2.34. The van der Waals surface area contributed by atoms with Crippen molar-refractivity contribution in [3.05, 3.63) is 24.3 Å². The maximum atomic E-state index is 12.0. The highest BCUT2D eigenvalue weighted by Crippen LogP contribution is 2.10. The van der Waals surface area contributed by atoms with Gasteiger partial charge in [-0.25, -0.2) is 4.98 Å². The van der Waals surface area contributed by atoms with Crippen LogP contribution >= 0.6 is 0 Å². The highest BCUT2D eigenvalue weighted by atomic mass is 16.5. The number of morpholine rings is 1. The van der Waals surface area contributed by atoms with Gasteiger partial charge in [0, 0.05) is 18.9 Å². The van der Waals surface area contributed by atoms with E-state index in [0.717, 1.165) is 0 Å². The van der Waals surface area contributed by atoms with Gasteiger partial charge in [0.25, 0.3) is 5.91 Å². The van der Waals surface area contributed by atoms with Crippen LogP contribution in [0, 0.1) is 0 Å². The fourth-order valence-corrected chi connectivity index (χ4v) is 1.63. The van der Waals surface area contributed by atoms with E-state index in [-0.39, 0.29) is 18.6 Å². The van der Waals surface area contributed by atoms with E-state index in [4.69, 9.17) is 9.84 Å². The first-order chi connectivity index (χ1) is 7.83. The van der Waals surface area contributed by atoms with Gasteiger partial charge in [-0.3, -0.25) is 9.78 Å². The molecule has 1 atom stereocenters. The van der Waals surface area contributed by atoms with E-state index in [9.17, 15) is 4.79 Å². The van der Waals surface area contributed by atoms with Gasteiger partial charge >= 0.3 is 0 Å². The fourth-order valence-electron chi connectivity index (χ4n) is 1.63. The molecule has 6 nitrogen and oxygen atoms in total. The van der Waals surface area contributed by atoms with Gasteiger partial charge in [-0.1, -0.05) is 0 Å². The van der Waals surface area contributed by atoms with Crippen molar-refractivity contribution in [3.8, 4) is 0 Å². The Morgan fingerprint density at radius 3 is 3.19 bits per heavy atom.